The van der Waals surface area contributed by atoms with Gasteiger partial charge in [0.15, 0.2) is 0 Å². The molecule has 0 radical (unpaired) electrons. The second-order valence-electron chi connectivity index (χ2n) is 10.4. The zero-order valence-electron chi connectivity index (χ0n) is 22.7. The van der Waals surface area contributed by atoms with Crippen LogP contribution < -0.4 is 14.2 Å². The van der Waals surface area contributed by atoms with E-state index in [9.17, 15) is 4.79 Å². The Bertz CT molecular complexity index is 1270. The number of ether oxygens (including phenoxy) is 3. The summed E-state index contributed by atoms with van der Waals surface area (Å²) in [6, 6.07) is 22.5. The van der Waals surface area contributed by atoms with Gasteiger partial charge in [0.25, 0.3) is 0 Å². The maximum atomic E-state index is 13.1. The Morgan fingerprint density at radius 1 is 0.919 bits per heavy atom. The van der Waals surface area contributed by atoms with Crippen molar-refractivity contribution < 1.29 is 19.0 Å². The normalized spacial score (nSPS) is 16.2. The Labute approximate surface area is 220 Å². The van der Waals surface area contributed by atoms with Crippen LogP contribution in [0.15, 0.2) is 72.8 Å². The fraction of sp³-hybridized carbons (Fsp3) is 0.344. The van der Waals surface area contributed by atoms with E-state index in [1.54, 1.807) is 21.3 Å². The molecule has 3 aromatic rings. The summed E-state index contributed by atoms with van der Waals surface area (Å²) < 4.78 is 16.7. The fourth-order valence-corrected chi connectivity index (χ4v) is 4.85. The molecule has 194 valence electrons. The van der Waals surface area contributed by atoms with Crippen molar-refractivity contribution in [1.29, 1.82) is 0 Å². The number of hydrogen-bond donors (Lipinski definition) is 0. The lowest BCUT2D eigenvalue weighted by Gasteiger charge is -2.25. The Hall–Kier alpha value is -3.73. The quantitative estimate of drug-likeness (QED) is 0.349. The van der Waals surface area contributed by atoms with Crippen molar-refractivity contribution in [2.75, 3.05) is 21.3 Å². The minimum Gasteiger partial charge on any atom is -0.497 e. The van der Waals surface area contributed by atoms with E-state index in [4.69, 9.17) is 14.2 Å². The molecule has 1 amide bonds. The number of carbonyl (C=O) groups is 1. The molecule has 0 aromatic heterocycles. The lowest BCUT2D eigenvalue weighted by atomic mass is 9.85. The Kier molecular flexibility index (Phi) is 7.91. The molecule has 1 saturated heterocycles. The second kappa shape index (κ2) is 11.1. The first-order chi connectivity index (χ1) is 17.7. The molecule has 4 rings (SSSR count). The number of methoxy groups -OCH3 is 3. The van der Waals surface area contributed by atoms with Gasteiger partial charge in [-0.25, -0.2) is 0 Å². The lowest BCUT2D eigenvalue weighted by Crippen LogP contribution is -2.31. The van der Waals surface area contributed by atoms with Crippen molar-refractivity contribution in [1.82, 2.24) is 4.90 Å². The van der Waals surface area contributed by atoms with Crippen molar-refractivity contribution in [3.05, 3.63) is 95.1 Å². The Morgan fingerprint density at radius 3 is 2.27 bits per heavy atom. The van der Waals surface area contributed by atoms with Crippen LogP contribution in [0.2, 0.25) is 0 Å². The van der Waals surface area contributed by atoms with E-state index in [-0.39, 0.29) is 17.4 Å². The molecule has 1 aliphatic heterocycles. The van der Waals surface area contributed by atoms with Crippen LogP contribution in [0.5, 0.6) is 17.2 Å². The van der Waals surface area contributed by atoms with Crippen molar-refractivity contribution in [3.63, 3.8) is 0 Å². The zero-order valence-corrected chi connectivity index (χ0v) is 22.7. The molecule has 37 heavy (non-hydrogen) atoms. The number of benzene rings is 3. The summed E-state index contributed by atoms with van der Waals surface area (Å²) in [5.74, 6) is 2.38. The standard InChI is InChI=1S/C32H37NO4/c1-32(2,3)24-14-11-22(12-15-24)28(27-9-7-8-10-29(27)36-5)19-25-16-18-31(34)33(25)21-23-13-17-26(35-4)20-30(23)37-6/h7-15,17,19-20,25H,16,18,21H2,1-6H3/b28-19+/t25-/m1/s1. The first-order valence-electron chi connectivity index (χ1n) is 12.7. The predicted octanol–water partition coefficient (Wildman–Crippen LogP) is 6.63. The van der Waals surface area contributed by atoms with Crippen LogP contribution in [0.25, 0.3) is 5.57 Å². The molecule has 0 spiro atoms. The Balaban J connectivity index is 1.76. The smallest absolute Gasteiger partial charge is 0.223 e. The largest absolute Gasteiger partial charge is 0.497 e. The highest BCUT2D eigenvalue weighted by Gasteiger charge is 2.31. The first kappa shape index (κ1) is 26.3. The number of carbonyl (C=O) groups excluding carboxylic acids is 1. The summed E-state index contributed by atoms with van der Waals surface area (Å²) in [7, 11) is 4.97. The van der Waals surface area contributed by atoms with E-state index < -0.39 is 0 Å². The Morgan fingerprint density at radius 2 is 1.62 bits per heavy atom. The van der Waals surface area contributed by atoms with Gasteiger partial charge in [0.2, 0.25) is 5.91 Å². The molecule has 1 atom stereocenters. The van der Waals surface area contributed by atoms with E-state index in [2.05, 4.69) is 57.2 Å². The molecule has 5 nitrogen and oxygen atoms in total. The third-order valence-electron chi connectivity index (χ3n) is 7.03. The van der Waals surface area contributed by atoms with Crippen LogP contribution in [-0.2, 0) is 16.8 Å². The minimum atomic E-state index is -0.0542. The van der Waals surface area contributed by atoms with E-state index in [1.807, 2.05) is 41.3 Å². The molecular formula is C32H37NO4. The molecule has 1 heterocycles. The van der Waals surface area contributed by atoms with Gasteiger partial charge in [-0.3, -0.25) is 4.79 Å². The summed E-state index contributed by atoms with van der Waals surface area (Å²) in [6.45, 7) is 7.12. The topological polar surface area (TPSA) is 48.0 Å². The molecule has 1 aliphatic rings. The molecular weight excluding hydrogens is 462 g/mol. The van der Waals surface area contributed by atoms with Crippen LogP contribution in [-0.4, -0.2) is 38.2 Å². The highest BCUT2D eigenvalue weighted by Crippen LogP contribution is 2.36. The van der Waals surface area contributed by atoms with Gasteiger partial charge in [-0.1, -0.05) is 69.3 Å². The second-order valence-corrected chi connectivity index (χ2v) is 10.4. The third-order valence-corrected chi connectivity index (χ3v) is 7.03. The average molecular weight is 500 g/mol. The molecule has 5 heteroatoms. The molecule has 0 unspecified atom stereocenters. The van der Waals surface area contributed by atoms with Crippen molar-refractivity contribution in [3.8, 4) is 17.2 Å². The van der Waals surface area contributed by atoms with Crippen molar-refractivity contribution >= 4 is 11.5 Å². The highest BCUT2D eigenvalue weighted by atomic mass is 16.5. The van der Waals surface area contributed by atoms with Gasteiger partial charge in [-0.2, -0.15) is 0 Å². The van der Waals surface area contributed by atoms with Crippen molar-refractivity contribution in [2.24, 2.45) is 0 Å². The van der Waals surface area contributed by atoms with Crippen LogP contribution in [0, 0.1) is 0 Å². The summed E-state index contributed by atoms with van der Waals surface area (Å²) in [5.41, 5.74) is 5.46. The van der Waals surface area contributed by atoms with Gasteiger partial charge in [0.05, 0.1) is 27.4 Å². The lowest BCUT2D eigenvalue weighted by molar-refractivity contribution is -0.129. The van der Waals surface area contributed by atoms with Gasteiger partial charge in [-0.15, -0.1) is 0 Å². The van der Waals surface area contributed by atoms with Crippen LogP contribution >= 0.6 is 0 Å². The highest BCUT2D eigenvalue weighted by molar-refractivity contribution is 5.85. The third kappa shape index (κ3) is 5.82. The van der Waals surface area contributed by atoms with Crippen LogP contribution in [0.3, 0.4) is 0 Å². The average Bonchev–Trinajstić information content (AvgIpc) is 3.25. The van der Waals surface area contributed by atoms with Gasteiger partial charge in [0.1, 0.15) is 17.2 Å². The van der Waals surface area contributed by atoms with E-state index in [1.165, 1.54) is 5.56 Å². The number of likely N-dealkylation sites (tertiary alicyclic amines) is 1. The first-order valence-corrected chi connectivity index (χ1v) is 12.7. The van der Waals surface area contributed by atoms with Crippen molar-refractivity contribution in [2.45, 2.75) is 51.6 Å². The van der Waals surface area contributed by atoms with E-state index >= 15 is 0 Å². The zero-order chi connectivity index (χ0) is 26.6. The summed E-state index contributed by atoms with van der Waals surface area (Å²) >= 11 is 0. The van der Waals surface area contributed by atoms with E-state index in [0.717, 1.165) is 40.2 Å². The monoisotopic (exact) mass is 499 g/mol. The predicted molar refractivity (Wildman–Crippen MR) is 148 cm³/mol. The van der Waals surface area contributed by atoms with Crippen LogP contribution in [0.4, 0.5) is 0 Å². The molecule has 0 saturated carbocycles. The van der Waals surface area contributed by atoms with E-state index in [0.29, 0.717) is 18.7 Å². The van der Waals surface area contributed by atoms with Gasteiger partial charge in [0, 0.05) is 30.2 Å². The number of nitrogens with zero attached hydrogens (tertiary/aromatic N) is 1. The summed E-state index contributed by atoms with van der Waals surface area (Å²) in [4.78, 5) is 15.0. The molecule has 3 aromatic carbocycles. The minimum absolute atomic E-state index is 0.0542. The van der Waals surface area contributed by atoms with Gasteiger partial charge < -0.3 is 19.1 Å². The number of hydrogen-bond acceptors (Lipinski definition) is 4. The summed E-state index contributed by atoms with van der Waals surface area (Å²) in [5, 5.41) is 0. The van der Waals surface area contributed by atoms with Gasteiger partial charge in [-0.05, 0) is 46.7 Å². The SMILES string of the molecule is COc1ccc(CN2C(=O)CC[C@@H]2/C=C(\c2ccc(C(C)(C)C)cc2)c2ccccc2OC)c(OC)c1. The number of para-hydroxylation sites is 1. The fourth-order valence-electron chi connectivity index (χ4n) is 4.85. The number of rotatable bonds is 8. The maximum Gasteiger partial charge on any atom is 0.223 e. The maximum absolute atomic E-state index is 13.1. The van der Waals surface area contributed by atoms with Crippen LogP contribution in [0.1, 0.15) is 55.9 Å². The molecule has 0 aliphatic carbocycles. The van der Waals surface area contributed by atoms with Gasteiger partial charge >= 0.3 is 0 Å². The molecule has 1 fully saturated rings. The molecule has 0 N–H and O–H groups in total. The summed E-state index contributed by atoms with van der Waals surface area (Å²) in [6.07, 6.45) is 3.50. The number of amides is 1. The molecule has 0 bridgehead atoms.